The lowest BCUT2D eigenvalue weighted by molar-refractivity contribution is 0.0322. The molecule has 1 aliphatic rings. The number of morpholine rings is 1. The minimum Gasteiger partial charge on any atom is -0.492 e. The molecule has 1 aromatic heterocycles. The quantitative estimate of drug-likeness (QED) is 0.356. The highest BCUT2D eigenvalue weighted by Gasteiger charge is 2.23. The third kappa shape index (κ3) is 7.16. The third-order valence-electron chi connectivity index (χ3n) is 5.96. The molecule has 0 radical (unpaired) electrons. The summed E-state index contributed by atoms with van der Waals surface area (Å²) in [6.45, 7) is 9.05. The first-order valence-corrected chi connectivity index (χ1v) is 14.2. The summed E-state index contributed by atoms with van der Waals surface area (Å²) >= 11 is 11.9. The topological polar surface area (TPSA) is 94.9 Å². The maximum atomic E-state index is 12.9. The fourth-order valence-corrected chi connectivity index (χ4v) is 5.55. The number of rotatable bonds is 11. The summed E-state index contributed by atoms with van der Waals surface area (Å²) < 4.78 is 47.4. The van der Waals surface area contributed by atoms with Gasteiger partial charge in [0.1, 0.15) is 18.1 Å². The second kappa shape index (κ2) is 12.5. The summed E-state index contributed by atoms with van der Waals surface area (Å²) in [5.41, 5.74) is 0.657. The zero-order valence-corrected chi connectivity index (χ0v) is 23.0. The lowest BCUT2D eigenvalue weighted by Gasteiger charge is -2.26. The van der Waals surface area contributed by atoms with Gasteiger partial charge in [0.15, 0.2) is 0 Å². The van der Waals surface area contributed by atoms with E-state index in [0.717, 1.165) is 38.6 Å². The molecule has 2 heterocycles. The van der Waals surface area contributed by atoms with Crippen molar-refractivity contribution in [2.24, 2.45) is 0 Å². The first kappa shape index (κ1) is 27.7. The number of benzene rings is 2. The monoisotopic (exact) mass is 568 g/mol. The van der Waals surface area contributed by atoms with E-state index in [4.69, 9.17) is 37.4 Å². The van der Waals surface area contributed by atoms with Crippen molar-refractivity contribution in [1.82, 2.24) is 19.2 Å². The lowest BCUT2D eigenvalue weighted by Crippen LogP contribution is -2.38. The van der Waals surface area contributed by atoms with Crippen molar-refractivity contribution >= 4 is 33.2 Å². The number of aromatic nitrogens is 2. The predicted octanol–water partition coefficient (Wildman–Crippen LogP) is 4.75. The van der Waals surface area contributed by atoms with E-state index in [1.807, 2.05) is 35.8 Å². The van der Waals surface area contributed by atoms with Crippen LogP contribution in [0.25, 0.3) is 0 Å². The van der Waals surface area contributed by atoms with Crippen LogP contribution < -0.4 is 14.2 Å². The van der Waals surface area contributed by atoms with Crippen LogP contribution in [-0.2, 0) is 21.3 Å². The summed E-state index contributed by atoms with van der Waals surface area (Å²) in [4.78, 5) is 6.72. The van der Waals surface area contributed by atoms with Crippen molar-refractivity contribution in [3.8, 4) is 17.5 Å². The molecule has 1 aliphatic heterocycles. The molecule has 0 aliphatic carbocycles. The number of nitrogens with one attached hydrogen (secondary N) is 1. The average Bonchev–Trinajstić information content (AvgIpc) is 3.29. The van der Waals surface area contributed by atoms with Crippen LogP contribution in [0.2, 0.25) is 10.0 Å². The minimum absolute atomic E-state index is 0.0278. The van der Waals surface area contributed by atoms with Gasteiger partial charge in [-0.2, -0.15) is 0 Å². The summed E-state index contributed by atoms with van der Waals surface area (Å²) in [7, 11) is -3.84. The molecule has 1 unspecified atom stereocenters. The second-order valence-corrected chi connectivity index (χ2v) is 11.0. The largest absolute Gasteiger partial charge is 0.492 e. The number of ether oxygens (including phenoxy) is 3. The molecule has 1 atom stereocenters. The summed E-state index contributed by atoms with van der Waals surface area (Å²) in [5, 5.41) is 0.451. The van der Waals surface area contributed by atoms with Crippen LogP contribution in [0.4, 0.5) is 0 Å². The molecule has 0 bridgehead atoms. The van der Waals surface area contributed by atoms with E-state index in [1.165, 1.54) is 18.2 Å². The van der Waals surface area contributed by atoms with Gasteiger partial charge in [-0.15, -0.1) is 0 Å². The smallest absolute Gasteiger partial charge is 0.302 e. The van der Waals surface area contributed by atoms with Crippen LogP contribution >= 0.6 is 23.2 Å². The van der Waals surface area contributed by atoms with Crippen LogP contribution in [0.15, 0.2) is 53.6 Å². The summed E-state index contributed by atoms with van der Waals surface area (Å²) in [6.07, 6.45) is 1.60. The Bertz CT molecular complexity index is 1290. The van der Waals surface area contributed by atoms with Crippen molar-refractivity contribution in [3.05, 3.63) is 64.4 Å². The molecule has 3 aromatic rings. The number of sulfonamides is 1. The molecule has 1 N–H and O–H groups in total. The Morgan fingerprint density at radius 1 is 1.08 bits per heavy atom. The number of hydrogen-bond donors (Lipinski definition) is 1. The summed E-state index contributed by atoms with van der Waals surface area (Å²) in [6, 6.07) is 11.3. The Labute approximate surface area is 227 Å². The zero-order chi connectivity index (χ0) is 26.4. The van der Waals surface area contributed by atoms with Gasteiger partial charge < -0.3 is 14.2 Å². The van der Waals surface area contributed by atoms with E-state index in [9.17, 15) is 8.42 Å². The van der Waals surface area contributed by atoms with Gasteiger partial charge in [-0.3, -0.25) is 9.47 Å². The van der Waals surface area contributed by atoms with Crippen molar-refractivity contribution in [3.63, 3.8) is 0 Å². The maximum Gasteiger partial charge on any atom is 0.302 e. The van der Waals surface area contributed by atoms with Gasteiger partial charge in [-0.05, 0) is 56.3 Å². The highest BCUT2D eigenvalue weighted by atomic mass is 35.5. The van der Waals surface area contributed by atoms with Crippen molar-refractivity contribution in [1.29, 1.82) is 0 Å². The Hall–Kier alpha value is -2.34. The van der Waals surface area contributed by atoms with Crippen LogP contribution in [0.1, 0.15) is 25.6 Å². The molecular weight excluding hydrogens is 539 g/mol. The molecule has 0 amide bonds. The van der Waals surface area contributed by atoms with E-state index < -0.39 is 16.1 Å². The molecule has 4 rings (SSSR count). The lowest BCUT2D eigenvalue weighted by atomic mass is 10.3. The highest BCUT2D eigenvalue weighted by molar-refractivity contribution is 7.89. The predicted molar refractivity (Wildman–Crippen MR) is 142 cm³/mol. The average molecular weight is 570 g/mol. The number of halogens is 2. The highest BCUT2D eigenvalue weighted by Crippen LogP contribution is 2.28. The van der Waals surface area contributed by atoms with Gasteiger partial charge >= 0.3 is 6.01 Å². The Morgan fingerprint density at radius 2 is 1.78 bits per heavy atom. The Balaban J connectivity index is 1.37. The normalized spacial score (nSPS) is 15.5. The molecular formula is C25H30Cl2N4O5S. The van der Waals surface area contributed by atoms with E-state index in [0.29, 0.717) is 30.6 Å². The molecule has 1 fully saturated rings. The fourth-order valence-electron chi connectivity index (χ4n) is 3.95. The van der Waals surface area contributed by atoms with Crippen LogP contribution in [-0.4, -0.2) is 62.3 Å². The fraction of sp³-hybridized carbons (Fsp3) is 0.400. The van der Waals surface area contributed by atoms with E-state index >= 15 is 0 Å². The minimum atomic E-state index is -3.84. The molecule has 200 valence electrons. The SMILES string of the molecule is CCn1c(C(C)NS(=O)(=O)c2ccc(Cl)c(Cl)c2)cnc1Oc1ccc(OCCN2CCOCC2)cc1. The maximum absolute atomic E-state index is 12.9. The number of hydrogen-bond acceptors (Lipinski definition) is 7. The van der Waals surface area contributed by atoms with Crippen molar-refractivity contribution in [2.45, 2.75) is 31.3 Å². The summed E-state index contributed by atoms with van der Waals surface area (Å²) in [5.74, 6) is 1.35. The van der Waals surface area contributed by atoms with Crippen LogP contribution in [0.3, 0.4) is 0 Å². The molecule has 1 saturated heterocycles. The zero-order valence-electron chi connectivity index (χ0n) is 20.7. The van der Waals surface area contributed by atoms with Gasteiger partial charge in [0, 0.05) is 26.2 Å². The van der Waals surface area contributed by atoms with E-state index in [1.54, 1.807) is 13.1 Å². The number of imidazole rings is 1. The standard InChI is InChI=1S/C25H30Cl2N4O5S/c1-3-31-24(18(2)29-37(32,33)21-8-9-22(26)23(27)16-21)17-28-25(31)36-20-6-4-19(5-7-20)35-15-12-30-10-13-34-14-11-30/h4-9,16-18,29H,3,10-15H2,1-2H3. The first-order valence-electron chi connectivity index (χ1n) is 12.0. The molecule has 9 nitrogen and oxygen atoms in total. The van der Waals surface area contributed by atoms with Gasteiger partial charge in [0.25, 0.3) is 0 Å². The van der Waals surface area contributed by atoms with E-state index in [2.05, 4.69) is 14.6 Å². The van der Waals surface area contributed by atoms with Gasteiger partial charge in [0.2, 0.25) is 10.0 Å². The van der Waals surface area contributed by atoms with Crippen molar-refractivity contribution in [2.75, 3.05) is 39.5 Å². The van der Waals surface area contributed by atoms with Crippen LogP contribution in [0, 0.1) is 0 Å². The molecule has 12 heteroatoms. The molecule has 2 aromatic carbocycles. The third-order valence-corrected chi connectivity index (χ3v) is 8.23. The van der Waals surface area contributed by atoms with Crippen molar-refractivity contribution < 1.29 is 22.6 Å². The molecule has 0 saturated carbocycles. The second-order valence-electron chi connectivity index (χ2n) is 8.50. The molecule has 0 spiro atoms. The van der Waals surface area contributed by atoms with E-state index in [-0.39, 0.29) is 14.9 Å². The van der Waals surface area contributed by atoms with Gasteiger partial charge in [0.05, 0.1) is 46.1 Å². The number of nitrogens with zero attached hydrogens (tertiary/aromatic N) is 3. The first-order chi connectivity index (χ1) is 17.8. The Morgan fingerprint density at radius 3 is 2.46 bits per heavy atom. The van der Waals surface area contributed by atoms with Gasteiger partial charge in [-0.25, -0.2) is 18.1 Å². The Kier molecular flexibility index (Phi) is 9.33. The van der Waals surface area contributed by atoms with Crippen LogP contribution in [0.5, 0.6) is 17.5 Å². The molecule has 37 heavy (non-hydrogen) atoms. The van der Waals surface area contributed by atoms with Gasteiger partial charge in [-0.1, -0.05) is 23.2 Å².